The molecular formula is C30H32N6OS. The van der Waals surface area contributed by atoms with E-state index in [1.54, 1.807) is 12.4 Å². The average Bonchev–Trinajstić information content (AvgIpc) is 3.42. The van der Waals surface area contributed by atoms with E-state index in [9.17, 15) is 4.79 Å². The van der Waals surface area contributed by atoms with Crippen molar-refractivity contribution in [2.75, 3.05) is 11.9 Å². The minimum Gasteiger partial charge on any atom is -0.352 e. The van der Waals surface area contributed by atoms with Crippen molar-refractivity contribution in [1.82, 2.24) is 24.8 Å². The Hall–Kier alpha value is -4.04. The summed E-state index contributed by atoms with van der Waals surface area (Å²) in [6, 6.07) is 19.8. The maximum absolute atomic E-state index is 13.0. The summed E-state index contributed by atoms with van der Waals surface area (Å²) in [5.74, 6) is -0.0328. The Kier molecular flexibility index (Phi) is 7.51. The third-order valence-electron chi connectivity index (χ3n) is 7.14. The van der Waals surface area contributed by atoms with E-state index in [-0.39, 0.29) is 18.0 Å². The van der Waals surface area contributed by atoms with Crippen LogP contribution in [0.2, 0.25) is 0 Å². The number of nitrogens with one attached hydrogen (secondary N) is 2. The number of carbonyl (C=O) groups excluding carboxylic acids is 1. The van der Waals surface area contributed by atoms with Gasteiger partial charge in [-0.05, 0) is 80.0 Å². The highest BCUT2D eigenvalue weighted by molar-refractivity contribution is 7.80. The summed E-state index contributed by atoms with van der Waals surface area (Å²) in [6.07, 6.45) is 6.62. The van der Waals surface area contributed by atoms with Gasteiger partial charge in [-0.3, -0.25) is 14.8 Å². The lowest BCUT2D eigenvalue weighted by Gasteiger charge is -2.28. The highest BCUT2D eigenvalue weighted by Gasteiger charge is 2.41. The van der Waals surface area contributed by atoms with Crippen molar-refractivity contribution in [3.05, 3.63) is 107 Å². The molecule has 1 amide bonds. The summed E-state index contributed by atoms with van der Waals surface area (Å²) < 4.78 is 2.21. The van der Waals surface area contributed by atoms with Crippen LogP contribution in [-0.4, -0.2) is 37.0 Å². The molecule has 8 heteroatoms. The fourth-order valence-electron chi connectivity index (χ4n) is 5.34. The molecule has 4 heterocycles. The number of hydrogen-bond donors (Lipinski definition) is 2. The molecule has 4 aromatic rings. The summed E-state index contributed by atoms with van der Waals surface area (Å²) in [7, 11) is 0. The number of aromatic nitrogens is 3. The molecule has 1 saturated heterocycles. The number of hydrogen-bond acceptors (Lipinski definition) is 4. The molecule has 2 N–H and O–H groups in total. The van der Waals surface area contributed by atoms with Crippen LogP contribution >= 0.6 is 12.2 Å². The van der Waals surface area contributed by atoms with Crippen molar-refractivity contribution >= 4 is 28.9 Å². The van der Waals surface area contributed by atoms with Crippen LogP contribution < -0.4 is 10.6 Å². The molecule has 0 unspecified atom stereocenters. The van der Waals surface area contributed by atoms with Gasteiger partial charge < -0.3 is 20.1 Å². The molecule has 1 aliphatic rings. The van der Waals surface area contributed by atoms with Gasteiger partial charge in [-0.25, -0.2) is 0 Å². The van der Waals surface area contributed by atoms with E-state index in [0.717, 1.165) is 46.0 Å². The van der Waals surface area contributed by atoms with E-state index in [1.807, 2.05) is 54.7 Å². The standard InChI is InChI=1S/C30H32N6OS/c1-4-22-10-5-6-12-25(22)33-27(37)14-17-35-29(28(34-30(35)38)26-13-7-8-16-32-26)24-18-20(2)36(21(24)3)23-11-9-15-31-19-23/h5-13,15-16,18-19,28-29H,4,14,17H2,1-3H3,(H,33,37)(H,34,38)/t28-,29-/m1/s1. The number of anilines is 1. The molecule has 3 aromatic heterocycles. The van der Waals surface area contributed by atoms with Crippen LogP contribution in [0.25, 0.3) is 5.69 Å². The number of aryl methyl sites for hydroxylation is 2. The highest BCUT2D eigenvalue weighted by atomic mass is 32.1. The van der Waals surface area contributed by atoms with E-state index in [4.69, 9.17) is 12.2 Å². The van der Waals surface area contributed by atoms with Crippen LogP contribution in [0, 0.1) is 13.8 Å². The fraction of sp³-hybridized carbons (Fsp3) is 0.267. The summed E-state index contributed by atoms with van der Waals surface area (Å²) in [6.45, 7) is 6.79. The van der Waals surface area contributed by atoms with Crippen LogP contribution in [0.15, 0.2) is 79.3 Å². The molecule has 2 atom stereocenters. The van der Waals surface area contributed by atoms with Crippen LogP contribution in [0.3, 0.4) is 0 Å². The third-order valence-corrected chi connectivity index (χ3v) is 7.50. The summed E-state index contributed by atoms with van der Waals surface area (Å²) in [5, 5.41) is 7.21. The summed E-state index contributed by atoms with van der Waals surface area (Å²) >= 11 is 5.83. The Labute approximate surface area is 228 Å². The van der Waals surface area contributed by atoms with E-state index in [2.05, 4.69) is 63.0 Å². The first-order valence-corrected chi connectivity index (χ1v) is 13.3. The first-order chi connectivity index (χ1) is 18.5. The van der Waals surface area contributed by atoms with Crippen molar-refractivity contribution in [2.45, 2.75) is 45.7 Å². The molecule has 0 saturated carbocycles. The molecule has 0 aliphatic carbocycles. The second-order valence-electron chi connectivity index (χ2n) is 9.50. The molecule has 1 aliphatic heterocycles. The molecule has 0 spiro atoms. The molecule has 1 aromatic carbocycles. The Bertz CT molecular complexity index is 1440. The van der Waals surface area contributed by atoms with Crippen molar-refractivity contribution in [3.63, 3.8) is 0 Å². The van der Waals surface area contributed by atoms with Gasteiger partial charge in [-0.1, -0.05) is 31.2 Å². The van der Waals surface area contributed by atoms with Crippen molar-refractivity contribution < 1.29 is 4.79 Å². The lowest BCUT2D eigenvalue weighted by Crippen LogP contribution is -2.33. The number of pyridine rings is 2. The van der Waals surface area contributed by atoms with Gasteiger partial charge in [-0.2, -0.15) is 0 Å². The molecule has 7 nitrogen and oxygen atoms in total. The molecular weight excluding hydrogens is 492 g/mol. The molecule has 5 rings (SSSR count). The topological polar surface area (TPSA) is 75.1 Å². The van der Waals surface area contributed by atoms with Crippen LogP contribution in [0.1, 0.15) is 53.6 Å². The molecule has 38 heavy (non-hydrogen) atoms. The average molecular weight is 525 g/mol. The van der Waals surface area contributed by atoms with E-state index in [1.165, 1.54) is 0 Å². The lowest BCUT2D eigenvalue weighted by atomic mass is 9.96. The largest absolute Gasteiger partial charge is 0.352 e. The van der Waals surface area contributed by atoms with Gasteiger partial charge in [0.05, 0.1) is 29.7 Å². The lowest BCUT2D eigenvalue weighted by molar-refractivity contribution is -0.116. The van der Waals surface area contributed by atoms with Crippen molar-refractivity contribution in [1.29, 1.82) is 0 Å². The zero-order chi connectivity index (χ0) is 26.6. The zero-order valence-corrected chi connectivity index (χ0v) is 22.7. The second-order valence-corrected chi connectivity index (χ2v) is 9.89. The number of benzene rings is 1. The first kappa shape index (κ1) is 25.6. The van der Waals surface area contributed by atoms with Crippen LogP contribution in [-0.2, 0) is 11.2 Å². The van der Waals surface area contributed by atoms with E-state index >= 15 is 0 Å². The maximum Gasteiger partial charge on any atom is 0.226 e. The predicted molar refractivity (Wildman–Crippen MR) is 154 cm³/mol. The van der Waals surface area contributed by atoms with Gasteiger partial charge in [0.1, 0.15) is 0 Å². The van der Waals surface area contributed by atoms with E-state index < -0.39 is 0 Å². The number of para-hydroxylation sites is 1. The highest BCUT2D eigenvalue weighted by Crippen LogP contribution is 2.41. The normalized spacial score (nSPS) is 16.9. The van der Waals surface area contributed by atoms with Gasteiger partial charge in [0.2, 0.25) is 5.91 Å². The molecule has 1 fully saturated rings. The summed E-state index contributed by atoms with van der Waals surface area (Å²) in [5.41, 5.74) is 7.27. The summed E-state index contributed by atoms with van der Waals surface area (Å²) in [4.78, 5) is 24.1. The fourth-order valence-corrected chi connectivity index (χ4v) is 5.67. The van der Waals surface area contributed by atoms with Gasteiger partial charge in [0.25, 0.3) is 0 Å². The number of amides is 1. The monoisotopic (exact) mass is 524 g/mol. The Balaban J connectivity index is 1.45. The Morgan fingerprint density at radius 2 is 1.89 bits per heavy atom. The number of nitrogens with zero attached hydrogens (tertiary/aromatic N) is 4. The number of rotatable bonds is 8. The number of thiocarbonyl (C=S) groups is 1. The first-order valence-electron chi connectivity index (χ1n) is 12.9. The zero-order valence-electron chi connectivity index (χ0n) is 21.9. The second kappa shape index (κ2) is 11.1. The van der Waals surface area contributed by atoms with Crippen molar-refractivity contribution in [2.24, 2.45) is 0 Å². The Morgan fingerprint density at radius 1 is 1.08 bits per heavy atom. The molecule has 0 radical (unpaired) electrons. The van der Waals surface area contributed by atoms with E-state index in [0.29, 0.717) is 18.1 Å². The maximum atomic E-state index is 13.0. The SMILES string of the molecule is CCc1ccccc1NC(=O)CCN1C(=S)N[C@H](c2ccccn2)[C@H]1c1cc(C)n(-c2cccnc2)c1C. The molecule has 194 valence electrons. The predicted octanol–water partition coefficient (Wildman–Crippen LogP) is 5.45. The van der Waals surface area contributed by atoms with Gasteiger partial charge in [0, 0.05) is 42.4 Å². The van der Waals surface area contributed by atoms with Crippen LogP contribution in [0.4, 0.5) is 5.69 Å². The van der Waals surface area contributed by atoms with Gasteiger partial charge in [-0.15, -0.1) is 0 Å². The quantitative estimate of drug-likeness (QED) is 0.299. The van der Waals surface area contributed by atoms with Gasteiger partial charge in [0.15, 0.2) is 5.11 Å². The van der Waals surface area contributed by atoms with Gasteiger partial charge >= 0.3 is 0 Å². The van der Waals surface area contributed by atoms with Crippen LogP contribution in [0.5, 0.6) is 0 Å². The minimum atomic E-state index is -0.143. The molecule has 0 bridgehead atoms. The minimum absolute atomic E-state index is 0.0328. The number of carbonyl (C=O) groups is 1. The van der Waals surface area contributed by atoms with Crippen molar-refractivity contribution in [3.8, 4) is 5.69 Å². The smallest absolute Gasteiger partial charge is 0.226 e. The Morgan fingerprint density at radius 3 is 2.63 bits per heavy atom. The third kappa shape index (κ3) is 5.04.